The molecule has 3 aromatic carbocycles. The molecule has 0 radical (unpaired) electrons. The maximum absolute atomic E-state index is 14.0. The second-order valence-corrected chi connectivity index (χ2v) is 16.0. The minimum Gasteiger partial charge on any atom is -0.458 e. The second-order valence-electron chi connectivity index (χ2n) is 11.9. The van der Waals surface area contributed by atoms with Gasteiger partial charge in [0.15, 0.2) is 9.84 Å². The van der Waals surface area contributed by atoms with Gasteiger partial charge in [0.05, 0.1) is 15.9 Å². The van der Waals surface area contributed by atoms with Gasteiger partial charge < -0.3 is 15.8 Å². The fourth-order valence-electron chi connectivity index (χ4n) is 5.48. The molecule has 9 nitrogen and oxygen atoms in total. The molecule has 0 saturated heterocycles. The van der Waals surface area contributed by atoms with Gasteiger partial charge in [-0.05, 0) is 66.6 Å². The Morgan fingerprint density at radius 3 is 2.04 bits per heavy atom. The fraction of sp³-hybridized carbons (Fsp3) is 0.457. The highest BCUT2D eigenvalue weighted by Crippen LogP contribution is 2.19. The van der Waals surface area contributed by atoms with Gasteiger partial charge >= 0.3 is 5.97 Å². The standard InChI is InChI=1S/C35H47F2N3O6S2.ClH/c1-4-11-30(12-5-2)47(42,43)24-33(40-48(44,45)31-15-8-7-9-16-31)35(41)46-34(23-39-22-26-14-10-13-25(6-3)17-26)32(38)20-27-18-28(36)21-29(37)19-27;/h7-10,13-19,21,30,32-34,39-40H,4-6,11-12,20,22-24,38H2,1-3H3;1H/t32-,33?,34+;/m0./s1. The number of halogens is 3. The van der Waals surface area contributed by atoms with E-state index < -0.39 is 66.7 Å². The molecule has 0 aliphatic rings. The average Bonchev–Trinajstić information content (AvgIpc) is 3.03. The summed E-state index contributed by atoms with van der Waals surface area (Å²) in [6, 6.07) is 15.3. The Morgan fingerprint density at radius 1 is 0.837 bits per heavy atom. The Hall–Kier alpha value is -2.94. The van der Waals surface area contributed by atoms with Crippen molar-refractivity contribution in [3.8, 4) is 0 Å². The number of carbonyl (C=O) groups is 1. The highest BCUT2D eigenvalue weighted by atomic mass is 35.5. The Bertz CT molecular complexity index is 1670. The third kappa shape index (κ3) is 13.4. The van der Waals surface area contributed by atoms with Crippen LogP contribution in [0.15, 0.2) is 77.7 Å². The molecule has 0 aromatic heterocycles. The highest BCUT2D eigenvalue weighted by Gasteiger charge is 2.37. The van der Waals surface area contributed by atoms with Crippen LogP contribution in [0.25, 0.3) is 0 Å². The summed E-state index contributed by atoms with van der Waals surface area (Å²) < 4.78 is 89.9. The third-order valence-electron chi connectivity index (χ3n) is 7.98. The zero-order valence-corrected chi connectivity index (χ0v) is 30.6. The molecule has 0 aliphatic carbocycles. The normalized spacial score (nSPS) is 13.8. The highest BCUT2D eigenvalue weighted by molar-refractivity contribution is 7.92. The van der Waals surface area contributed by atoms with Crippen molar-refractivity contribution in [3.63, 3.8) is 0 Å². The van der Waals surface area contributed by atoms with E-state index in [4.69, 9.17) is 10.5 Å². The molecular weight excluding hydrogens is 696 g/mol. The number of aryl methyl sites for hydroxylation is 1. The number of esters is 1. The van der Waals surface area contributed by atoms with E-state index in [-0.39, 0.29) is 35.8 Å². The van der Waals surface area contributed by atoms with E-state index in [1.165, 1.54) is 24.3 Å². The minimum absolute atomic E-state index is 0. The number of rotatable bonds is 20. The monoisotopic (exact) mass is 743 g/mol. The number of ether oxygens (including phenoxy) is 1. The number of sulfonamides is 1. The Labute approximate surface area is 295 Å². The zero-order chi connectivity index (χ0) is 35.3. The van der Waals surface area contributed by atoms with Crippen LogP contribution >= 0.6 is 12.4 Å². The van der Waals surface area contributed by atoms with E-state index >= 15 is 0 Å². The fourth-order valence-corrected chi connectivity index (χ4v) is 8.94. The van der Waals surface area contributed by atoms with Crippen LogP contribution in [0.1, 0.15) is 63.1 Å². The van der Waals surface area contributed by atoms with Gasteiger partial charge in [-0.3, -0.25) is 4.79 Å². The predicted octanol–water partition coefficient (Wildman–Crippen LogP) is 5.25. The van der Waals surface area contributed by atoms with Gasteiger partial charge in [-0.25, -0.2) is 25.6 Å². The van der Waals surface area contributed by atoms with Gasteiger partial charge in [0.2, 0.25) is 10.0 Å². The van der Waals surface area contributed by atoms with Crippen molar-refractivity contribution in [3.05, 3.63) is 101 Å². The van der Waals surface area contributed by atoms with E-state index in [1.54, 1.807) is 6.07 Å². The van der Waals surface area contributed by atoms with Gasteiger partial charge in [0.25, 0.3) is 0 Å². The summed E-state index contributed by atoms with van der Waals surface area (Å²) in [6.45, 7) is 6.09. The van der Waals surface area contributed by atoms with Crippen LogP contribution in [0.2, 0.25) is 0 Å². The second kappa shape index (κ2) is 20.0. The van der Waals surface area contributed by atoms with Crippen LogP contribution < -0.4 is 15.8 Å². The molecule has 272 valence electrons. The first-order valence-electron chi connectivity index (χ1n) is 16.3. The van der Waals surface area contributed by atoms with Crippen molar-refractivity contribution >= 4 is 38.2 Å². The van der Waals surface area contributed by atoms with E-state index in [2.05, 4.69) is 10.0 Å². The number of carbonyl (C=O) groups excluding carboxylic acids is 1. The van der Waals surface area contributed by atoms with Crippen molar-refractivity contribution in [2.45, 2.75) is 94.2 Å². The van der Waals surface area contributed by atoms with Gasteiger partial charge in [-0.2, -0.15) is 4.72 Å². The number of nitrogens with one attached hydrogen (secondary N) is 2. The van der Waals surface area contributed by atoms with Gasteiger partial charge in [0.1, 0.15) is 23.8 Å². The number of nitrogens with two attached hydrogens (primary N) is 1. The summed E-state index contributed by atoms with van der Waals surface area (Å²) in [5.41, 5.74) is 8.78. The smallest absolute Gasteiger partial charge is 0.325 e. The molecule has 3 atom stereocenters. The van der Waals surface area contributed by atoms with Crippen molar-refractivity contribution in [2.24, 2.45) is 5.73 Å². The summed E-state index contributed by atoms with van der Waals surface area (Å²) in [7, 11) is -8.32. The molecule has 0 spiro atoms. The molecule has 3 aromatic rings. The molecule has 0 heterocycles. The van der Waals surface area contributed by atoms with Crippen molar-refractivity contribution in [2.75, 3.05) is 12.3 Å². The molecule has 0 fully saturated rings. The van der Waals surface area contributed by atoms with E-state index in [9.17, 15) is 30.4 Å². The summed E-state index contributed by atoms with van der Waals surface area (Å²) in [6.07, 6.45) is 1.48. The van der Waals surface area contributed by atoms with Crippen LogP contribution in [0.3, 0.4) is 0 Å². The van der Waals surface area contributed by atoms with Crippen molar-refractivity contribution in [1.29, 1.82) is 0 Å². The molecule has 0 amide bonds. The van der Waals surface area contributed by atoms with E-state index in [0.29, 0.717) is 32.2 Å². The number of benzene rings is 3. The maximum atomic E-state index is 14.0. The van der Waals surface area contributed by atoms with Crippen LogP contribution in [0.5, 0.6) is 0 Å². The first-order valence-corrected chi connectivity index (χ1v) is 19.5. The quantitative estimate of drug-likeness (QED) is 0.133. The van der Waals surface area contributed by atoms with Gasteiger partial charge in [-0.1, -0.05) is 76.1 Å². The van der Waals surface area contributed by atoms with E-state index in [0.717, 1.165) is 35.7 Å². The maximum Gasteiger partial charge on any atom is 0.325 e. The number of sulfone groups is 1. The van der Waals surface area contributed by atoms with Crippen molar-refractivity contribution < 1.29 is 35.1 Å². The van der Waals surface area contributed by atoms with E-state index in [1.807, 2.05) is 45.0 Å². The molecule has 1 unspecified atom stereocenters. The van der Waals surface area contributed by atoms with Gasteiger partial charge in [0, 0.05) is 25.2 Å². The molecule has 0 bridgehead atoms. The largest absolute Gasteiger partial charge is 0.458 e. The molecule has 0 aliphatic heterocycles. The topological polar surface area (TPSA) is 145 Å². The minimum atomic E-state index is -4.35. The molecule has 3 rings (SSSR count). The average molecular weight is 744 g/mol. The molecule has 4 N–H and O–H groups in total. The van der Waals surface area contributed by atoms with Crippen molar-refractivity contribution in [1.82, 2.24) is 10.0 Å². The summed E-state index contributed by atoms with van der Waals surface area (Å²) >= 11 is 0. The first kappa shape index (κ1) is 42.2. The summed E-state index contributed by atoms with van der Waals surface area (Å²) in [5.74, 6) is -3.55. The Balaban J connectivity index is 0.00000833. The predicted molar refractivity (Wildman–Crippen MR) is 191 cm³/mol. The van der Waals surface area contributed by atoms with Crippen LogP contribution in [0, 0.1) is 11.6 Å². The van der Waals surface area contributed by atoms with Crippen LogP contribution in [-0.4, -0.2) is 58.5 Å². The number of hydrogen-bond donors (Lipinski definition) is 3. The number of hydrogen-bond acceptors (Lipinski definition) is 8. The lowest BCUT2D eigenvalue weighted by molar-refractivity contribution is -0.151. The van der Waals surface area contributed by atoms with Gasteiger partial charge in [-0.15, -0.1) is 12.4 Å². The summed E-state index contributed by atoms with van der Waals surface area (Å²) in [5, 5.41) is 2.43. The summed E-state index contributed by atoms with van der Waals surface area (Å²) in [4.78, 5) is 13.7. The zero-order valence-electron chi connectivity index (χ0n) is 28.1. The molecule has 14 heteroatoms. The Kier molecular flexibility index (Phi) is 17.3. The molecule has 0 saturated carbocycles. The lowest BCUT2D eigenvalue weighted by Gasteiger charge is -2.28. The SMILES string of the molecule is CCCC(CCC)S(=O)(=O)CC(NS(=O)(=O)c1ccccc1)C(=O)O[C@H](CNCc1cccc(CC)c1)[C@@H](N)Cc1cc(F)cc(F)c1.Cl. The van der Waals surface area contributed by atoms with Crippen LogP contribution in [0.4, 0.5) is 8.78 Å². The lowest BCUT2D eigenvalue weighted by atomic mass is 10.0. The lowest BCUT2D eigenvalue weighted by Crippen LogP contribution is -2.52. The third-order valence-corrected chi connectivity index (χ3v) is 11.7. The molecular formula is C35H48ClF2N3O6S2. The Morgan fingerprint density at radius 2 is 1.45 bits per heavy atom. The first-order chi connectivity index (χ1) is 22.8. The molecule has 49 heavy (non-hydrogen) atoms. The van der Waals surface area contributed by atoms with Crippen LogP contribution in [-0.2, 0) is 48.8 Å².